The van der Waals surface area contributed by atoms with Gasteiger partial charge in [0.15, 0.2) is 11.5 Å². The van der Waals surface area contributed by atoms with E-state index < -0.39 is 0 Å². The van der Waals surface area contributed by atoms with Gasteiger partial charge in [-0.1, -0.05) is 13.0 Å². The molecule has 2 rings (SSSR count). The van der Waals surface area contributed by atoms with E-state index in [0.717, 1.165) is 37.7 Å². The van der Waals surface area contributed by atoms with Crippen molar-refractivity contribution in [3.8, 4) is 11.5 Å². The third-order valence-corrected chi connectivity index (χ3v) is 2.99. The van der Waals surface area contributed by atoms with Gasteiger partial charge >= 0.3 is 0 Å². The molecular formula is C14H22N2O2. The molecule has 0 aromatic heterocycles. The zero-order valence-corrected chi connectivity index (χ0v) is 11.2. The van der Waals surface area contributed by atoms with Crippen LogP contribution in [0.1, 0.15) is 18.9 Å². The van der Waals surface area contributed by atoms with E-state index in [1.165, 1.54) is 12.0 Å². The zero-order chi connectivity index (χ0) is 12.8. The number of nitrogens with one attached hydrogen (secondary N) is 1. The van der Waals surface area contributed by atoms with Crippen LogP contribution in [0.4, 0.5) is 0 Å². The first kappa shape index (κ1) is 13.2. The fourth-order valence-corrected chi connectivity index (χ4v) is 2.00. The summed E-state index contributed by atoms with van der Waals surface area (Å²) in [7, 11) is 2.14. The van der Waals surface area contributed by atoms with Crippen LogP contribution in [0.5, 0.6) is 11.5 Å². The lowest BCUT2D eigenvalue weighted by atomic mass is 10.2. The van der Waals surface area contributed by atoms with Gasteiger partial charge in [0.2, 0.25) is 6.79 Å². The van der Waals surface area contributed by atoms with Gasteiger partial charge in [0.25, 0.3) is 0 Å². The molecule has 0 spiro atoms. The molecule has 0 saturated heterocycles. The molecule has 1 aromatic carbocycles. The van der Waals surface area contributed by atoms with Gasteiger partial charge in [-0.15, -0.1) is 0 Å². The minimum atomic E-state index is 0.343. The molecule has 4 heteroatoms. The first-order chi connectivity index (χ1) is 8.79. The molecule has 0 bridgehead atoms. The summed E-state index contributed by atoms with van der Waals surface area (Å²) in [5.41, 5.74) is 1.26. The number of ether oxygens (including phenoxy) is 2. The van der Waals surface area contributed by atoms with Crippen LogP contribution in [0, 0.1) is 0 Å². The van der Waals surface area contributed by atoms with Crippen LogP contribution < -0.4 is 14.8 Å². The molecule has 1 N–H and O–H groups in total. The van der Waals surface area contributed by atoms with Crippen LogP contribution in [0.2, 0.25) is 0 Å². The molecule has 0 atom stereocenters. The molecule has 0 fully saturated rings. The monoisotopic (exact) mass is 250 g/mol. The SMILES string of the molecule is CCCNCCN(C)Cc1ccc2c(c1)OCO2. The summed E-state index contributed by atoms with van der Waals surface area (Å²) in [6.45, 7) is 6.64. The average Bonchev–Trinajstić information content (AvgIpc) is 2.82. The van der Waals surface area contributed by atoms with Gasteiger partial charge in [-0.2, -0.15) is 0 Å². The van der Waals surface area contributed by atoms with Gasteiger partial charge in [0.05, 0.1) is 0 Å². The molecule has 0 unspecified atom stereocenters. The third kappa shape index (κ3) is 3.62. The Morgan fingerprint density at radius 2 is 2.06 bits per heavy atom. The summed E-state index contributed by atoms with van der Waals surface area (Å²) in [4.78, 5) is 2.31. The van der Waals surface area contributed by atoms with Crippen LogP contribution >= 0.6 is 0 Å². The number of hydrogen-bond donors (Lipinski definition) is 1. The van der Waals surface area contributed by atoms with Crippen molar-refractivity contribution in [2.24, 2.45) is 0 Å². The molecule has 0 amide bonds. The maximum atomic E-state index is 5.38. The normalized spacial score (nSPS) is 13.3. The molecule has 18 heavy (non-hydrogen) atoms. The Labute approximate surface area is 109 Å². The van der Waals surface area contributed by atoms with Gasteiger partial charge < -0.3 is 19.7 Å². The Morgan fingerprint density at radius 1 is 1.22 bits per heavy atom. The third-order valence-electron chi connectivity index (χ3n) is 2.99. The molecule has 1 aliphatic heterocycles. The molecule has 4 nitrogen and oxygen atoms in total. The lowest BCUT2D eigenvalue weighted by Crippen LogP contribution is -2.29. The van der Waals surface area contributed by atoms with E-state index in [2.05, 4.69) is 36.3 Å². The average molecular weight is 250 g/mol. The predicted octanol–water partition coefficient (Wildman–Crippen LogP) is 1.85. The summed E-state index contributed by atoms with van der Waals surface area (Å²) in [6.07, 6.45) is 1.19. The fourth-order valence-electron chi connectivity index (χ4n) is 2.00. The summed E-state index contributed by atoms with van der Waals surface area (Å²) < 4.78 is 10.7. The summed E-state index contributed by atoms with van der Waals surface area (Å²) >= 11 is 0. The van der Waals surface area contributed by atoms with E-state index in [-0.39, 0.29) is 0 Å². The maximum Gasteiger partial charge on any atom is 0.231 e. The Kier molecular flexibility index (Phi) is 4.84. The van der Waals surface area contributed by atoms with Crippen molar-refractivity contribution in [2.75, 3.05) is 33.5 Å². The van der Waals surface area contributed by atoms with E-state index >= 15 is 0 Å². The summed E-state index contributed by atoms with van der Waals surface area (Å²) in [6, 6.07) is 6.16. The highest BCUT2D eigenvalue weighted by Gasteiger charge is 2.13. The van der Waals surface area contributed by atoms with Crippen molar-refractivity contribution >= 4 is 0 Å². The Balaban J connectivity index is 1.78. The number of fused-ring (bicyclic) bond motifs is 1. The largest absolute Gasteiger partial charge is 0.454 e. The molecular weight excluding hydrogens is 228 g/mol. The lowest BCUT2D eigenvalue weighted by Gasteiger charge is -2.17. The van der Waals surface area contributed by atoms with E-state index in [0.29, 0.717) is 6.79 Å². The highest BCUT2D eigenvalue weighted by Crippen LogP contribution is 2.32. The van der Waals surface area contributed by atoms with Crippen molar-refractivity contribution in [1.82, 2.24) is 10.2 Å². The summed E-state index contributed by atoms with van der Waals surface area (Å²) in [5.74, 6) is 1.72. The number of benzene rings is 1. The Hall–Kier alpha value is -1.26. The van der Waals surface area contributed by atoms with Crippen molar-refractivity contribution in [1.29, 1.82) is 0 Å². The minimum Gasteiger partial charge on any atom is -0.454 e. The highest BCUT2D eigenvalue weighted by atomic mass is 16.7. The lowest BCUT2D eigenvalue weighted by molar-refractivity contribution is 0.174. The van der Waals surface area contributed by atoms with Gasteiger partial charge in [0, 0.05) is 19.6 Å². The van der Waals surface area contributed by atoms with Gasteiger partial charge in [-0.05, 0) is 37.7 Å². The van der Waals surface area contributed by atoms with Crippen molar-refractivity contribution < 1.29 is 9.47 Å². The van der Waals surface area contributed by atoms with Gasteiger partial charge in [0.1, 0.15) is 0 Å². The standard InChI is InChI=1S/C14H22N2O2/c1-3-6-15-7-8-16(2)10-12-4-5-13-14(9-12)18-11-17-13/h4-5,9,15H,3,6-8,10-11H2,1-2H3. The number of hydrogen-bond acceptors (Lipinski definition) is 4. The van der Waals surface area contributed by atoms with Crippen molar-refractivity contribution in [3.63, 3.8) is 0 Å². The molecule has 1 aromatic rings. The number of likely N-dealkylation sites (N-methyl/N-ethyl adjacent to an activating group) is 1. The Morgan fingerprint density at radius 3 is 2.89 bits per heavy atom. The molecule has 0 saturated carbocycles. The molecule has 1 heterocycles. The maximum absolute atomic E-state index is 5.38. The van der Waals surface area contributed by atoms with Crippen molar-refractivity contribution in [2.45, 2.75) is 19.9 Å². The van der Waals surface area contributed by atoms with Crippen LogP contribution in [-0.4, -0.2) is 38.4 Å². The molecule has 1 aliphatic rings. The Bertz CT molecular complexity index is 382. The first-order valence-corrected chi connectivity index (χ1v) is 6.57. The number of nitrogens with zero attached hydrogens (tertiary/aromatic N) is 1. The zero-order valence-electron chi connectivity index (χ0n) is 11.2. The second-order valence-electron chi connectivity index (χ2n) is 4.68. The highest BCUT2D eigenvalue weighted by molar-refractivity contribution is 5.44. The minimum absolute atomic E-state index is 0.343. The van der Waals surface area contributed by atoms with Gasteiger partial charge in [-0.3, -0.25) is 0 Å². The summed E-state index contributed by atoms with van der Waals surface area (Å²) in [5, 5.41) is 3.41. The van der Waals surface area contributed by atoms with E-state index in [9.17, 15) is 0 Å². The smallest absolute Gasteiger partial charge is 0.231 e. The first-order valence-electron chi connectivity index (χ1n) is 6.57. The second kappa shape index (κ2) is 6.61. The predicted molar refractivity (Wildman–Crippen MR) is 72.1 cm³/mol. The van der Waals surface area contributed by atoms with Gasteiger partial charge in [-0.25, -0.2) is 0 Å². The molecule has 0 aliphatic carbocycles. The van der Waals surface area contributed by atoms with Crippen molar-refractivity contribution in [3.05, 3.63) is 23.8 Å². The molecule has 0 radical (unpaired) electrons. The van der Waals surface area contributed by atoms with E-state index in [4.69, 9.17) is 9.47 Å². The van der Waals surface area contributed by atoms with Crippen LogP contribution in [0.3, 0.4) is 0 Å². The number of rotatable bonds is 7. The van der Waals surface area contributed by atoms with Crippen LogP contribution in [0.25, 0.3) is 0 Å². The second-order valence-corrected chi connectivity index (χ2v) is 4.68. The van der Waals surface area contributed by atoms with E-state index in [1.54, 1.807) is 0 Å². The van der Waals surface area contributed by atoms with Crippen LogP contribution in [-0.2, 0) is 6.54 Å². The topological polar surface area (TPSA) is 33.7 Å². The fraction of sp³-hybridized carbons (Fsp3) is 0.571. The quantitative estimate of drug-likeness (QED) is 0.749. The molecule has 100 valence electrons. The van der Waals surface area contributed by atoms with Crippen LogP contribution in [0.15, 0.2) is 18.2 Å². The van der Waals surface area contributed by atoms with E-state index in [1.807, 2.05) is 6.07 Å².